The van der Waals surface area contributed by atoms with E-state index in [0.29, 0.717) is 28.4 Å². The molecule has 1 aliphatic rings. The molecule has 1 heterocycles. The number of hydrogen-bond donors (Lipinski definition) is 1. The number of fused-ring (bicyclic) bond motifs is 1. The number of ether oxygens (including phenoxy) is 3. The van der Waals surface area contributed by atoms with Gasteiger partial charge >= 0.3 is 0 Å². The van der Waals surface area contributed by atoms with Gasteiger partial charge in [-0.15, -0.1) is 0 Å². The van der Waals surface area contributed by atoms with Gasteiger partial charge in [-0.1, -0.05) is 18.2 Å². The first-order valence-electron chi connectivity index (χ1n) is 6.52. The average molecular weight is 285 g/mol. The van der Waals surface area contributed by atoms with Gasteiger partial charge in [-0.3, -0.25) is 4.79 Å². The van der Waals surface area contributed by atoms with Crippen molar-refractivity contribution < 1.29 is 19.0 Å². The number of carbonyl (C=O) groups excluding carboxylic acids is 1. The molecule has 0 radical (unpaired) electrons. The van der Waals surface area contributed by atoms with Crippen molar-refractivity contribution in [2.24, 2.45) is 0 Å². The molecule has 2 aromatic carbocycles. The van der Waals surface area contributed by atoms with Crippen LogP contribution in [0, 0.1) is 0 Å². The molecular weight excluding hydrogens is 270 g/mol. The first kappa shape index (κ1) is 13.3. The molecule has 2 aromatic rings. The van der Waals surface area contributed by atoms with Gasteiger partial charge in [0.2, 0.25) is 6.23 Å². The van der Waals surface area contributed by atoms with Crippen LogP contribution in [-0.4, -0.2) is 20.1 Å². The van der Waals surface area contributed by atoms with Crippen LogP contribution < -0.4 is 19.5 Å². The van der Waals surface area contributed by atoms with Crippen molar-refractivity contribution >= 4 is 5.91 Å². The van der Waals surface area contributed by atoms with Crippen molar-refractivity contribution in [3.05, 3.63) is 53.6 Å². The second-order valence-electron chi connectivity index (χ2n) is 4.55. The quantitative estimate of drug-likeness (QED) is 0.941. The molecule has 0 saturated carbocycles. The fourth-order valence-corrected chi connectivity index (χ4v) is 2.37. The zero-order chi connectivity index (χ0) is 14.8. The van der Waals surface area contributed by atoms with E-state index in [-0.39, 0.29) is 5.91 Å². The minimum Gasteiger partial charge on any atom is -0.493 e. The smallest absolute Gasteiger partial charge is 0.258 e. The Hall–Kier alpha value is -2.69. The number of hydrogen-bond acceptors (Lipinski definition) is 4. The minimum atomic E-state index is -0.613. The lowest BCUT2D eigenvalue weighted by Gasteiger charge is -2.28. The average Bonchev–Trinajstić information content (AvgIpc) is 2.54. The molecule has 1 aliphatic heterocycles. The number of nitrogens with one attached hydrogen (secondary N) is 1. The maximum atomic E-state index is 12.2. The fourth-order valence-electron chi connectivity index (χ4n) is 2.37. The lowest BCUT2D eigenvalue weighted by atomic mass is 10.1. The molecule has 1 atom stereocenters. The standard InChI is InChI=1S/C16H15NO4/c1-19-13-9-5-7-11(14(13)20-2)16-17-15(18)10-6-3-4-8-12(10)21-16/h3-9,16H,1-2H3,(H,17,18)/t16-/m0/s1. The molecule has 1 N–H and O–H groups in total. The summed E-state index contributed by atoms with van der Waals surface area (Å²) in [6.07, 6.45) is -0.613. The molecule has 0 unspecified atom stereocenters. The van der Waals surface area contributed by atoms with Crippen molar-refractivity contribution in [3.63, 3.8) is 0 Å². The topological polar surface area (TPSA) is 56.8 Å². The first-order valence-corrected chi connectivity index (χ1v) is 6.52. The van der Waals surface area contributed by atoms with Gasteiger partial charge in [0.15, 0.2) is 11.5 Å². The van der Waals surface area contributed by atoms with E-state index in [1.165, 1.54) is 0 Å². The Balaban J connectivity index is 2.02. The van der Waals surface area contributed by atoms with Crippen molar-refractivity contribution in [2.75, 3.05) is 14.2 Å². The van der Waals surface area contributed by atoms with Crippen molar-refractivity contribution in [2.45, 2.75) is 6.23 Å². The number of amides is 1. The predicted octanol–water partition coefficient (Wildman–Crippen LogP) is 2.52. The molecule has 3 rings (SSSR count). The fraction of sp³-hybridized carbons (Fsp3) is 0.188. The molecule has 5 heteroatoms. The number of methoxy groups -OCH3 is 2. The molecule has 0 saturated heterocycles. The van der Waals surface area contributed by atoms with Crippen molar-refractivity contribution in [1.82, 2.24) is 5.32 Å². The number of para-hydroxylation sites is 2. The van der Waals surface area contributed by atoms with Gasteiger partial charge in [-0.05, 0) is 24.3 Å². The predicted molar refractivity (Wildman–Crippen MR) is 76.8 cm³/mol. The van der Waals surface area contributed by atoms with Gasteiger partial charge in [0.05, 0.1) is 25.3 Å². The van der Waals surface area contributed by atoms with Crippen LogP contribution in [0.1, 0.15) is 22.1 Å². The van der Waals surface area contributed by atoms with Gasteiger partial charge in [-0.2, -0.15) is 0 Å². The van der Waals surface area contributed by atoms with E-state index in [0.717, 1.165) is 0 Å². The summed E-state index contributed by atoms with van der Waals surface area (Å²) in [6.45, 7) is 0. The molecule has 0 aromatic heterocycles. The van der Waals surface area contributed by atoms with E-state index in [4.69, 9.17) is 14.2 Å². The number of carbonyl (C=O) groups is 1. The van der Waals surface area contributed by atoms with Gasteiger partial charge < -0.3 is 19.5 Å². The van der Waals surface area contributed by atoms with Crippen LogP contribution in [0.5, 0.6) is 17.2 Å². The summed E-state index contributed by atoms with van der Waals surface area (Å²) < 4.78 is 16.5. The van der Waals surface area contributed by atoms with Crippen molar-refractivity contribution in [1.29, 1.82) is 0 Å². The highest BCUT2D eigenvalue weighted by atomic mass is 16.5. The Labute approximate surface area is 122 Å². The third-order valence-electron chi connectivity index (χ3n) is 3.35. The van der Waals surface area contributed by atoms with Crippen LogP contribution in [0.4, 0.5) is 0 Å². The summed E-state index contributed by atoms with van der Waals surface area (Å²) in [7, 11) is 3.12. The van der Waals surface area contributed by atoms with Crippen LogP contribution in [0.3, 0.4) is 0 Å². The molecule has 0 bridgehead atoms. The van der Waals surface area contributed by atoms with Gasteiger partial charge in [0, 0.05) is 0 Å². The van der Waals surface area contributed by atoms with E-state index in [1.807, 2.05) is 18.2 Å². The maximum Gasteiger partial charge on any atom is 0.258 e. The minimum absolute atomic E-state index is 0.174. The molecule has 5 nitrogen and oxygen atoms in total. The third-order valence-corrected chi connectivity index (χ3v) is 3.35. The summed E-state index contributed by atoms with van der Waals surface area (Å²) in [4.78, 5) is 12.2. The lowest BCUT2D eigenvalue weighted by Crippen LogP contribution is -2.37. The second-order valence-corrected chi connectivity index (χ2v) is 4.55. The normalized spacial score (nSPS) is 16.5. The second kappa shape index (κ2) is 5.36. The molecular formula is C16H15NO4. The summed E-state index contributed by atoms with van der Waals surface area (Å²) in [5.41, 5.74) is 1.23. The molecule has 0 fully saturated rings. The molecule has 0 spiro atoms. The number of benzene rings is 2. The summed E-state index contributed by atoms with van der Waals surface area (Å²) in [5.74, 6) is 1.51. The van der Waals surface area contributed by atoms with Gasteiger partial charge in [0.1, 0.15) is 5.75 Å². The highest BCUT2D eigenvalue weighted by Gasteiger charge is 2.29. The maximum absolute atomic E-state index is 12.2. The van der Waals surface area contributed by atoms with Crippen LogP contribution in [0.2, 0.25) is 0 Å². The largest absolute Gasteiger partial charge is 0.493 e. The number of rotatable bonds is 3. The highest BCUT2D eigenvalue weighted by molar-refractivity contribution is 5.98. The van der Waals surface area contributed by atoms with Crippen LogP contribution >= 0.6 is 0 Å². The Morgan fingerprint density at radius 2 is 1.86 bits per heavy atom. The summed E-state index contributed by atoms with van der Waals surface area (Å²) in [6, 6.07) is 12.6. The Morgan fingerprint density at radius 1 is 1.05 bits per heavy atom. The van der Waals surface area contributed by atoms with E-state index in [1.54, 1.807) is 38.5 Å². The van der Waals surface area contributed by atoms with Crippen molar-refractivity contribution in [3.8, 4) is 17.2 Å². The van der Waals surface area contributed by atoms with Crippen LogP contribution in [0.25, 0.3) is 0 Å². The molecule has 108 valence electrons. The Kier molecular flexibility index (Phi) is 3.39. The lowest BCUT2D eigenvalue weighted by molar-refractivity contribution is 0.0751. The van der Waals surface area contributed by atoms with E-state index >= 15 is 0 Å². The zero-order valence-corrected chi connectivity index (χ0v) is 11.8. The first-order chi connectivity index (χ1) is 10.2. The van der Waals surface area contributed by atoms with E-state index in [9.17, 15) is 4.79 Å². The van der Waals surface area contributed by atoms with Gasteiger partial charge in [-0.25, -0.2) is 0 Å². The molecule has 1 amide bonds. The molecule has 21 heavy (non-hydrogen) atoms. The highest BCUT2D eigenvalue weighted by Crippen LogP contribution is 2.37. The van der Waals surface area contributed by atoms with E-state index < -0.39 is 6.23 Å². The zero-order valence-electron chi connectivity index (χ0n) is 11.8. The third kappa shape index (κ3) is 2.27. The Morgan fingerprint density at radius 3 is 2.62 bits per heavy atom. The monoisotopic (exact) mass is 285 g/mol. The van der Waals surface area contributed by atoms with Crippen LogP contribution in [0.15, 0.2) is 42.5 Å². The SMILES string of the molecule is COc1cccc([C@H]2NC(=O)c3ccccc3O2)c1OC. The summed E-state index contributed by atoms with van der Waals surface area (Å²) >= 11 is 0. The Bertz CT molecular complexity index is 684. The molecule has 0 aliphatic carbocycles. The summed E-state index contributed by atoms with van der Waals surface area (Å²) in [5, 5.41) is 2.82. The van der Waals surface area contributed by atoms with Crippen LogP contribution in [-0.2, 0) is 0 Å². The van der Waals surface area contributed by atoms with E-state index in [2.05, 4.69) is 5.32 Å². The van der Waals surface area contributed by atoms with Gasteiger partial charge in [0.25, 0.3) is 5.91 Å².